The van der Waals surface area contributed by atoms with Gasteiger partial charge in [0.1, 0.15) is 18.2 Å². The Hall–Kier alpha value is -4.45. The number of pyridine rings is 1. The number of aryl methyl sites for hydroxylation is 2. The third-order valence-corrected chi connectivity index (χ3v) is 8.91. The van der Waals surface area contributed by atoms with Crippen LogP contribution in [0, 0.1) is 0 Å². The maximum absolute atomic E-state index is 12.6. The summed E-state index contributed by atoms with van der Waals surface area (Å²) >= 11 is 0. The van der Waals surface area contributed by atoms with Crippen LogP contribution in [0.15, 0.2) is 78.9 Å². The number of hydrogen-bond donors (Lipinski definition) is 1. The van der Waals surface area contributed by atoms with Crippen molar-refractivity contribution in [2.45, 2.75) is 83.9 Å². The van der Waals surface area contributed by atoms with Crippen molar-refractivity contribution in [2.24, 2.45) is 0 Å². The molecule has 1 N–H and O–H groups in total. The zero-order valence-electron chi connectivity index (χ0n) is 26.8. The third-order valence-electron chi connectivity index (χ3n) is 8.91. The fourth-order valence-electron chi connectivity index (χ4n) is 7.05. The number of nitrogens with zero attached hydrogens (tertiary/aromatic N) is 1. The smallest absolute Gasteiger partial charge is 0.408 e. The summed E-state index contributed by atoms with van der Waals surface area (Å²) < 4.78 is 13.0. The molecule has 1 atom stereocenters. The van der Waals surface area contributed by atoms with Crippen LogP contribution in [0.2, 0.25) is 0 Å². The van der Waals surface area contributed by atoms with E-state index in [1.807, 2.05) is 0 Å². The van der Waals surface area contributed by atoms with Gasteiger partial charge in [-0.2, -0.15) is 4.57 Å². The molecule has 6 rings (SSSR count). The van der Waals surface area contributed by atoms with Crippen LogP contribution in [0.3, 0.4) is 0 Å². The molecule has 0 aliphatic heterocycles. The summed E-state index contributed by atoms with van der Waals surface area (Å²) in [5, 5.41) is 2.73. The normalized spacial score (nSPS) is 13.9. The van der Waals surface area contributed by atoms with Crippen LogP contribution in [-0.2, 0) is 46.5 Å². The zero-order valence-corrected chi connectivity index (χ0v) is 26.8. The summed E-state index contributed by atoms with van der Waals surface area (Å²) in [6, 6.07) is 27.8. The summed E-state index contributed by atoms with van der Waals surface area (Å²) in [6.07, 6.45) is 5.46. The zero-order chi connectivity index (χ0) is 31.6. The van der Waals surface area contributed by atoms with Crippen LogP contribution < -0.4 is 9.88 Å². The van der Waals surface area contributed by atoms with E-state index in [1.54, 1.807) is 20.8 Å². The molecule has 0 spiro atoms. The van der Waals surface area contributed by atoms with E-state index in [9.17, 15) is 9.59 Å². The number of aromatic nitrogens is 1. The molecule has 0 saturated carbocycles. The van der Waals surface area contributed by atoms with Crippen LogP contribution in [0.4, 0.5) is 4.79 Å². The topological polar surface area (TPSA) is 68.5 Å². The number of benzene rings is 3. The summed E-state index contributed by atoms with van der Waals surface area (Å²) in [5.41, 5.74) is 12.9. The van der Waals surface area contributed by atoms with E-state index in [-0.39, 0.29) is 0 Å². The summed E-state index contributed by atoms with van der Waals surface area (Å²) in [4.78, 5) is 25.1. The molecule has 4 aromatic rings. The van der Waals surface area contributed by atoms with Gasteiger partial charge in [-0.1, -0.05) is 66.7 Å². The Kier molecular flexibility index (Phi) is 8.75. The number of carbonyl (C=O) groups excluding carboxylic acids is 2. The molecular weight excluding hydrogens is 560 g/mol. The van der Waals surface area contributed by atoms with Crippen molar-refractivity contribution in [3.8, 4) is 33.6 Å². The lowest BCUT2D eigenvalue weighted by molar-refractivity contribution is -0.676. The van der Waals surface area contributed by atoms with Gasteiger partial charge in [0, 0.05) is 34.2 Å². The molecule has 1 amide bonds. The average molecular weight is 604 g/mol. The van der Waals surface area contributed by atoms with E-state index in [4.69, 9.17) is 9.47 Å². The number of rotatable bonds is 8. The monoisotopic (exact) mass is 603 g/mol. The van der Waals surface area contributed by atoms with Gasteiger partial charge in [-0.3, -0.25) is 0 Å². The summed E-state index contributed by atoms with van der Waals surface area (Å²) in [6.45, 7) is 6.20. The number of methoxy groups -OCH3 is 1. The fourth-order valence-corrected chi connectivity index (χ4v) is 7.05. The number of hydrogen-bond acceptors (Lipinski definition) is 4. The van der Waals surface area contributed by atoms with Gasteiger partial charge < -0.3 is 14.8 Å². The van der Waals surface area contributed by atoms with Crippen molar-refractivity contribution >= 4 is 12.1 Å². The Morgan fingerprint density at radius 2 is 1.33 bits per heavy atom. The van der Waals surface area contributed by atoms with Gasteiger partial charge in [0.2, 0.25) is 11.4 Å². The second-order valence-electron chi connectivity index (χ2n) is 13.1. The SMILES string of the molecule is COC(=O)C(CCCC[n+]1c2c(c(-c3ccccc3)c3c1-c1ccccc1CC3)CCc1ccccc1-2)NC(=O)OC(C)(C)C. The highest BCUT2D eigenvalue weighted by atomic mass is 16.6. The minimum atomic E-state index is -0.764. The van der Waals surface area contributed by atoms with Crippen molar-refractivity contribution < 1.29 is 23.6 Å². The number of nitrogens with one attached hydrogen (secondary N) is 1. The molecule has 6 nitrogen and oxygen atoms in total. The molecule has 0 radical (unpaired) electrons. The number of amides is 1. The number of alkyl carbamates (subject to hydrolysis) is 1. The minimum Gasteiger partial charge on any atom is -0.467 e. The predicted molar refractivity (Wildman–Crippen MR) is 177 cm³/mol. The van der Waals surface area contributed by atoms with Crippen molar-refractivity contribution in [2.75, 3.05) is 7.11 Å². The number of ether oxygens (including phenoxy) is 2. The van der Waals surface area contributed by atoms with E-state index in [1.165, 1.54) is 63.0 Å². The molecule has 1 aromatic heterocycles. The Morgan fingerprint density at radius 3 is 1.89 bits per heavy atom. The Balaban J connectivity index is 1.40. The second kappa shape index (κ2) is 12.9. The first-order valence-corrected chi connectivity index (χ1v) is 16.2. The molecule has 2 aliphatic carbocycles. The van der Waals surface area contributed by atoms with Crippen molar-refractivity contribution in [1.82, 2.24) is 5.32 Å². The van der Waals surface area contributed by atoms with E-state index in [0.717, 1.165) is 45.1 Å². The summed E-state index contributed by atoms with van der Waals surface area (Å²) in [7, 11) is 1.35. The molecule has 6 heteroatoms. The lowest BCUT2D eigenvalue weighted by atomic mass is 9.77. The molecular formula is C39H43N2O4+. The van der Waals surface area contributed by atoms with E-state index >= 15 is 0 Å². The number of unbranched alkanes of at least 4 members (excludes halogenated alkanes) is 1. The molecule has 232 valence electrons. The van der Waals surface area contributed by atoms with Gasteiger partial charge in [-0.05, 0) is 88.1 Å². The number of fused-ring (bicyclic) bond motifs is 6. The van der Waals surface area contributed by atoms with Crippen LogP contribution in [-0.4, -0.2) is 30.8 Å². The van der Waals surface area contributed by atoms with E-state index in [0.29, 0.717) is 6.42 Å². The Bertz CT molecular complexity index is 1640. The maximum Gasteiger partial charge on any atom is 0.408 e. The van der Waals surface area contributed by atoms with Gasteiger partial charge in [0.15, 0.2) is 0 Å². The van der Waals surface area contributed by atoms with Crippen LogP contribution >= 0.6 is 0 Å². The first kappa shape index (κ1) is 30.6. The lowest BCUT2D eigenvalue weighted by Crippen LogP contribution is -2.45. The third kappa shape index (κ3) is 6.37. The highest BCUT2D eigenvalue weighted by Crippen LogP contribution is 2.44. The molecule has 3 aromatic carbocycles. The fraction of sp³-hybridized carbons (Fsp3) is 0.359. The van der Waals surface area contributed by atoms with Crippen molar-refractivity contribution in [1.29, 1.82) is 0 Å². The Labute approximate surface area is 266 Å². The van der Waals surface area contributed by atoms with Gasteiger partial charge in [0.05, 0.1) is 7.11 Å². The molecule has 2 aliphatic rings. The lowest BCUT2D eigenvalue weighted by Gasteiger charge is -2.28. The largest absolute Gasteiger partial charge is 0.467 e. The first-order chi connectivity index (χ1) is 21.7. The van der Waals surface area contributed by atoms with Gasteiger partial charge in [-0.15, -0.1) is 0 Å². The van der Waals surface area contributed by atoms with Crippen molar-refractivity contribution in [3.63, 3.8) is 0 Å². The molecule has 1 unspecified atom stereocenters. The molecule has 0 fully saturated rings. The molecule has 0 saturated heterocycles. The van der Waals surface area contributed by atoms with Gasteiger partial charge >= 0.3 is 12.1 Å². The highest BCUT2D eigenvalue weighted by Gasteiger charge is 2.37. The second-order valence-corrected chi connectivity index (χ2v) is 13.1. The standard InChI is InChI=1S/C39H42N2O4/c1-39(2,3)45-38(43)40-33(37(42)44-4)20-12-13-25-41-35-29-18-10-8-14-26(29)21-23-31(35)34(28-16-6-5-7-17-28)32-24-22-27-15-9-11-19-30(27)36(32)41/h5-11,14-19,33H,12-13,20-25H2,1-4H3/p+1. The van der Waals surface area contributed by atoms with Crippen LogP contribution in [0.1, 0.15) is 62.3 Å². The average Bonchev–Trinajstić information content (AvgIpc) is 3.04. The Morgan fingerprint density at radius 1 is 0.778 bits per heavy atom. The van der Waals surface area contributed by atoms with E-state index in [2.05, 4.69) is 88.7 Å². The van der Waals surface area contributed by atoms with E-state index < -0.39 is 23.7 Å². The minimum absolute atomic E-state index is 0.460. The number of esters is 1. The van der Waals surface area contributed by atoms with Gasteiger partial charge in [0.25, 0.3) is 0 Å². The van der Waals surface area contributed by atoms with Crippen LogP contribution in [0.5, 0.6) is 0 Å². The molecule has 0 bridgehead atoms. The number of carbonyl (C=O) groups is 2. The highest BCUT2D eigenvalue weighted by molar-refractivity contribution is 5.85. The van der Waals surface area contributed by atoms with Gasteiger partial charge in [-0.25, -0.2) is 9.59 Å². The van der Waals surface area contributed by atoms with Crippen LogP contribution in [0.25, 0.3) is 33.6 Å². The van der Waals surface area contributed by atoms with Crippen molar-refractivity contribution in [3.05, 3.63) is 101 Å². The first-order valence-electron chi connectivity index (χ1n) is 16.2. The maximum atomic E-state index is 12.6. The molecule has 45 heavy (non-hydrogen) atoms. The molecule has 1 heterocycles. The predicted octanol–water partition coefficient (Wildman–Crippen LogP) is 7.41. The summed E-state index contributed by atoms with van der Waals surface area (Å²) in [5.74, 6) is -0.460. The quantitative estimate of drug-likeness (QED) is 0.129.